The largest absolute Gasteiger partial charge is 0.271 e. The van der Waals surface area contributed by atoms with Gasteiger partial charge in [0.05, 0.1) is 6.04 Å². The van der Waals surface area contributed by atoms with Crippen molar-refractivity contribution in [2.75, 3.05) is 6.54 Å². The molecule has 1 amide bonds. The first-order valence-corrected chi connectivity index (χ1v) is 10.7. The zero-order chi connectivity index (χ0) is 17.9. The summed E-state index contributed by atoms with van der Waals surface area (Å²) in [6, 6.07) is 11.2. The normalized spacial score (nSPS) is 37.8. The molecule has 0 atom stereocenters. The second kappa shape index (κ2) is 6.09. The summed E-state index contributed by atoms with van der Waals surface area (Å²) in [4.78, 5) is 13.0. The van der Waals surface area contributed by atoms with Gasteiger partial charge < -0.3 is 0 Å². The summed E-state index contributed by atoms with van der Waals surface area (Å²) >= 11 is 0. The fourth-order valence-corrected chi connectivity index (χ4v) is 6.78. The van der Waals surface area contributed by atoms with E-state index in [9.17, 15) is 4.79 Å². The van der Waals surface area contributed by atoms with Crippen LogP contribution in [0.4, 0.5) is 0 Å². The van der Waals surface area contributed by atoms with Crippen molar-refractivity contribution >= 4 is 5.91 Å². The Morgan fingerprint density at radius 2 is 1.58 bits per heavy atom. The molecular formula is C23H32N2O. The summed E-state index contributed by atoms with van der Waals surface area (Å²) in [6.45, 7) is 5.23. The van der Waals surface area contributed by atoms with Crippen LogP contribution in [0, 0.1) is 23.7 Å². The Bertz CT molecular complexity index is 655. The van der Waals surface area contributed by atoms with Gasteiger partial charge in [-0.3, -0.25) is 9.80 Å². The number of rotatable bonds is 5. The molecule has 4 saturated carbocycles. The number of hydrogen-bond acceptors (Lipinski definition) is 2. The van der Waals surface area contributed by atoms with Gasteiger partial charge in [-0.15, -0.1) is 0 Å². The van der Waals surface area contributed by atoms with Crippen molar-refractivity contribution in [3.63, 3.8) is 0 Å². The predicted molar refractivity (Wildman–Crippen MR) is 103 cm³/mol. The maximum atomic E-state index is 13.0. The van der Waals surface area contributed by atoms with E-state index < -0.39 is 0 Å². The van der Waals surface area contributed by atoms with Crippen molar-refractivity contribution in [1.29, 1.82) is 0 Å². The highest BCUT2D eigenvalue weighted by molar-refractivity contribution is 5.90. The zero-order valence-corrected chi connectivity index (χ0v) is 16.2. The molecule has 0 N–H and O–H groups in total. The van der Waals surface area contributed by atoms with Crippen LogP contribution in [0.2, 0.25) is 0 Å². The van der Waals surface area contributed by atoms with E-state index >= 15 is 0 Å². The molecule has 0 spiro atoms. The van der Waals surface area contributed by atoms with Gasteiger partial charge in [0, 0.05) is 6.54 Å². The number of carbonyl (C=O) groups is 1. The predicted octanol–water partition coefficient (Wildman–Crippen LogP) is 4.28. The molecule has 3 heteroatoms. The summed E-state index contributed by atoms with van der Waals surface area (Å²) in [5.74, 6) is 3.83. The summed E-state index contributed by atoms with van der Waals surface area (Å²) in [5, 5.41) is 4.66. The molecular weight excluding hydrogens is 320 g/mol. The number of nitrogens with zero attached hydrogens (tertiary/aromatic N) is 2. The van der Waals surface area contributed by atoms with Crippen LogP contribution in [0.25, 0.3) is 0 Å². The molecule has 1 aliphatic heterocycles. The minimum absolute atomic E-state index is 0.314. The highest BCUT2D eigenvalue weighted by Gasteiger charge is 2.60. The highest BCUT2D eigenvalue weighted by Crippen LogP contribution is 2.56. The third-order valence-electron chi connectivity index (χ3n) is 7.77. The molecule has 0 radical (unpaired) electrons. The van der Waals surface area contributed by atoms with E-state index in [-0.39, 0.29) is 5.54 Å². The van der Waals surface area contributed by atoms with Crippen LogP contribution in [-0.4, -0.2) is 34.1 Å². The first-order valence-electron chi connectivity index (χ1n) is 10.7. The van der Waals surface area contributed by atoms with Crippen molar-refractivity contribution in [1.82, 2.24) is 10.0 Å². The molecule has 6 rings (SSSR count). The second-order valence-electron chi connectivity index (χ2n) is 9.84. The molecule has 1 heterocycles. The summed E-state index contributed by atoms with van der Waals surface area (Å²) in [7, 11) is 0. The van der Waals surface area contributed by atoms with Crippen LogP contribution >= 0.6 is 0 Å². The lowest BCUT2D eigenvalue weighted by Crippen LogP contribution is -2.79. The molecule has 1 aromatic rings. The van der Waals surface area contributed by atoms with Crippen molar-refractivity contribution in [3.8, 4) is 0 Å². The number of hydrogen-bond donors (Lipinski definition) is 0. The van der Waals surface area contributed by atoms with Gasteiger partial charge in [-0.2, -0.15) is 0 Å². The molecule has 5 fully saturated rings. The molecule has 0 aromatic heterocycles. The van der Waals surface area contributed by atoms with Gasteiger partial charge >= 0.3 is 0 Å². The van der Waals surface area contributed by atoms with Gasteiger partial charge in [-0.25, -0.2) is 5.01 Å². The number of carbonyl (C=O) groups excluding carboxylic acids is 1. The number of aryl methyl sites for hydroxylation is 1. The smallest absolute Gasteiger partial charge is 0.258 e. The van der Waals surface area contributed by atoms with Gasteiger partial charge in [0.1, 0.15) is 5.54 Å². The van der Waals surface area contributed by atoms with E-state index in [1.54, 1.807) is 0 Å². The van der Waals surface area contributed by atoms with E-state index in [0.717, 1.165) is 43.1 Å². The van der Waals surface area contributed by atoms with Gasteiger partial charge in [0.2, 0.25) is 0 Å². The number of benzene rings is 1. The van der Waals surface area contributed by atoms with Crippen molar-refractivity contribution < 1.29 is 4.79 Å². The Balaban J connectivity index is 1.29. The van der Waals surface area contributed by atoms with Gasteiger partial charge in [-0.1, -0.05) is 30.3 Å². The Kier molecular flexibility index (Phi) is 3.93. The van der Waals surface area contributed by atoms with Crippen LogP contribution in [-0.2, 0) is 11.2 Å². The van der Waals surface area contributed by atoms with Crippen LogP contribution in [0.5, 0.6) is 0 Å². The third kappa shape index (κ3) is 2.54. The maximum Gasteiger partial charge on any atom is 0.258 e. The monoisotopic (exact) mass is 352 g/mol. The lowest BCUT2D eigenvalue weighted by molar-refractivity contribution is -0.248. The first kappa shape index (κ1) is 16.8. The van der Waals surface area contributed by atoms with Crippen molar-refractivity contribution in [3.05, 3.63) is 35.9 Å². The van der Waals surface area contributed by atoms with Gasteiger partial charge in [-0.05, 0) is 88.0 Å². The highest BCUT2D eigenvalue weighted by atomic mass is 16.2. The van der Waals surface area contributed by atoms with Gasteiger partial charge in [0.15, 0.2) is 0 Å². The summed E-state index contributed by atoms with van der Waals surface area (Å²) < 4.78 is 0. The Morgan fingerprint density at radius 3 is 2.19 bits per heavy atom. The topological polar surface area (TPSA) is 23.6 Å². The SMILES string of the molecule is CC1(C)C(=O)N(C2C3CC4CC(C3)CC2C4)N1CCCc1ccccc1. The van der Waals surface area contributed by atoms with E-state index in [2.05, 4.69) is 54.2 Å². The van der Waals surface area contributed by atoms with Crippen LogP contribution in [0.1, 0.15) is 57.9 Å². The third-order valence-corrected chi connectivity index (χ3v) is 7.77. The quantitative estimate of drug-likeness (QED) is 0.789. The van der Waals surface area contributed by atoms with Crippen LogP contribution in [0.3, 0.4) is 0 Å². The van der Waals surface area contributed by atoms with E-state index in [1.807, 2.05) is 0 Å². The van der Waals surface area contributed by atoms with E-state index in [1.165, 1.54) is 37.7 Å². The average molecular weight is 353 g/mol. The molecule has 5 aliphatic rings. The Morgan fingerprint density at radius 1 is 0.962 bits per heavy atom. The maximum absolute atomic E-state index is 13.0. The molecule has 3 nitrogen and oxygen atoms in total. The molecule has 140 valence electrons. The van der Waals surface area contributed by atoms with Crippen LogP contribution in [0.15, 0.2) is 30.3 Å². The number of amides is 1. The standard InChI is InChI=1S/C23H32N2O/c1-23(2)22(26)25(24(23)10-6-9-16-7-4-3-5-8-16)21-19-12-17-11-18(14-19)15-20(21)13-17/h3-5,7-8,17-21H,6,9-15H2,1-2H3. The lowest BCUT2D eigenvalue weighted by Gasteiger charge is -2.65. The second-order valence-corrected chi connectivity index (χ2v) is 9.84. The Hall–Kier alpha value is -1.35. The average Bonchev–Trinajstić information content (AvgIpc) is 2.62. The van der Waals surface area contributed by atoms with E-state index in [4.69, 9.17) is 0 Å². The lowest BCUT2D eigenvalue weighted by atomic mass is 9.53. The van der Waals surface area contributed by atoms with E-state index in [0.29, 0.717) is 11.9 Å². The Labute approximate surface area is 157 Å². The summed E-state index contributed by atoms with van der Waals surface area (Å²) in [5.41, 5.74) is 1.09. The summed E-state index contributed by atoms with van der Waals surface area (Å²) in [6.07, 6.45) is 9.18. The first-order chi connectivity index (χ1) is 12.5. The van der Waals surface area contributed by atoms with Crippen LogP contribution < -0.4 is 0 Å². The molecule has 0 unspecified atom stereocenters. The van der Waals surface area contributed by atoms with Gasteiger partial charge in [0.25, 0.3) is 5.91 Å². The number of hydrazine groups is 1. The molecule has 1 saturated heterocycles. The fourth-order valence-electron chi connectivity index (χ4n) is 6.78. The molecule has 4 bridgehead atoms. The molecule has 26 heavy (non-hydrogen) atoms. The zero-order valence-electron chi connectivity index (χ0n) is 16.2. The minimum Gasteiger partial charge on any atom is -0.271 e. The van der Waals surface area contributed by atoms with Crippen molar-refractivity contribution in [2.45, 2.75) is 70.4 Å². The van der Waals surface area contributed by atoms with Crippen molar-refractivity contribution in [2.24, 2.45) is 23.7 Å². The fraction of sp³-hybridized carbons (Fsp3) is 0.696. The molecule has 1 aromatic carbocycles. The molecule has 4 aliphatic carbocycles. The minimum atomic E-state index is -0.314.